The Balaban J connectivity index is 1.41. The van der Waals surface area contributed by atoms with Crippen LogP contribution in [0.1, 0.15) is 63.9 Å². The first kappa shape index (κ1) is 16.9. The van der Waals surface area contributed by atoms with Gasteiger partial charge in [0.2, 0.25) is 0 Å². The summed E-state index contributed by atoms with van der Waals surface area (Å²) in [5, 5.41) is 4.40. The minimum atomic E-state index is 0.747. The second-order valence-electron chi connectivity index (χ2n) is 6.23. The van der Waals surface area contributed by atoms with Crippen molar-refractivity contribution in [2.45, 2.75) is 74.9 Å². The highest BCUT2D eigenvalue weighted by Crippen LogP contribution is 2.36. The maximum absolute atomic E-state index is 3.65. The van der Waals surface area contributed by atoms with Crippen molar-refractivity contribution >= 4 is 11.8 Å². The van der Waals surface area contributed by atoms with Crippen LogP contribution < -0.4 is 5.32 Å². The summed E-state index contributed by atoms with van der Waals surface area (Å²) in [5.41, 5.74) is 1.54. The first-order valence-corrected chi connectivity index (χ1v) is 9.73. The van der Waals surface area contributed by atoms with Crippen molar-refractivity contribution in [2.75, 3.05) is 13.1 Å². The van der Waals surface area contributed by atoms with E-state index in [1.807, 2.05) is 0 Å². The molecule has 0 saturated heterocycles. The molecule has 1 atom stereocenters. The summed E-state index contributed by atoms with van der Waals surface area (Å²) in [6.07, 6.45) is 12.5. The number of nitrogens with one attached hydrogen (secondary N) is 1. The van der Waals surface area contributed by atoms with E-state index in [2.05, 4.69) is 48.3 Å². The molecular weight excluding hydrogens is 274 g/mol. The van der Waals surface area contributed by atoms with E-state index in [1.165, 1.54) is 69.2 Å². The van der Waals surface area contributed by atoms with Crippen LogP contribution in [0, 0.1) is 0 Å². The van der Waals surface area contributed by atoms with Crippen molar-refractivity contribution in [3.05, 3.63) is 29.8 Å². The zero-order valence-electron chi connectivity index (χ0n) is 13.6. The van der Waals surface area contributed by atoms with Gasteiger partial charge in [0, 0.05) is 16.7 Å². The first-order chi connectivity index (χ1) is 10.4. The Bertz CT molecular complexity index is 366. The zero-order valence-corrected chi connectivity index (χ0v) is 14.4. The van der Waals surface area contributed by atoms with Gasteiger partial charge < -0.3 is 5.32 Å². The number of fused-ring (bicyclic) bond motifs is 1. The molecule has 0 aliphatic carbocycles. The molecule has 0 radical (unpaired) electrons. The van der Waals surface area contributed by atoms with Gasteiger partial charge in [0.05, 0.1) is 0 Å². The van der Waals surface area contributed by atoms with Crippen LogP contribution >= 0.6 is 11.8 Å². The summed E-state index contributed by atoms with van der Waals surface area (Å²) in [4.78, 5) is 1.50. The van der Waals surface area contributed by atoms with Gasteiger partial charge in [0.1, 0.15) is 0 Å². The minimum absolute atomic E-state index is 0.747. The average molecular weight is 306 g/mol. The Kier molecular flexibility index (Phi) is 8.28. The quantitative estimate of drug-likeness (QED) is 0.547. The van der Waals surface area contributed by atoms with E-state index in [0.717, 1.165) is 11.8 Å². The number of hydrogen-bond donors (Lipinski definition) is 1. The smallest absolute Gasteiger partial charge is 0.0260 e. The summed E-state index contributed by atoms with van der Waals surface area (Å²) in [6.45, 7) is 4.64. The molecule has 118 valence electrons. The standard InChI is InChI=1S/C19H31NS/c1-2-3-4-5-6-7-8-11-14-20-16-18-15-17-12-9-10-13-19(17)21-18/h9-10,12-13,18,20H,2-8,11,14-16H2,1H3. The molecule has 1 unspecified atom stereocenters. The molecule has 0 aromatic heterocycles. The zero-order chi connectivity index (χ0) is 14.8. The lowest BCUT2D eigenvalue weighted by Gasteiger charge is -2.10. The molecule has 1 N–H and O–H groups in total. The van der Waals surface area contributed by atoms with Crippen molar-refractivity contribution in [1.82, 2.24) is 5.32 Å². The fourth-order valence-electron chi connectivity index (χ4n) is 3.01. The predicted molar refractivity (Wildman–Crippen MR) is 95.3 cm³/mol. The first-order valence-electron chi connectivity index (χ1n) is 8.85. The van der Waals surface area contributed by atoms with Crippen LogP contribution in [-0.4, -0.2) is 18.3 Å². The predicted octanol–water partition coefficient (Wildman–Crippen LogP) is 5.43. The van der Waals surface area contributed by atoms with Gasteiger partial charge in [0.25, 0.3) is 0 Å². The molecule has 1 aliphatic rings. The van der Waals surface area contributed by atoms with Crippen LogP contribution in [0.5, 0.6) is 0 Å². The van der Waals surface area contributed by atoms with Crippen LogP contribution in [0.15, 0.2) is 29.2 Å². The lowest BCUT2D eigenvalue weighted by Crippen LogP contribution is -2.25. The highest BCUT2D eigenvalue weighted by Gasteiger charge is 2.20. The summed E-state index contributed by atoms with van der Waals surface area (Å²) < 4.78 is 0. The molecular formula is C19H31NS. The van der Waals surface area contributed by atoms with E-state index in [4.69, 9.17) is 0 Å². The fourth-order valence-corrected chi connectivity index (χ4v) is 4.30. The molecule has 0 spiro atoms. The number of rotatable bonds is 11. The molecule has 0 bridgehead atoms. The Hall–Kier alpha value is -0.470. The molecule has 1 aromatic carbocycles. The van der Waals surface area contributed by atoms with Crippen molar-refractivity contribution in [3.8, 4) is 0 Å². The molecule has 1 aromatic rings. The monoisotopic (exact) mass is 305 g/mol. The fraction of sp³-hybridized carbons (Fsp3) is 0.684. The third kappa shape index (κ3) is 6.44. The van der Waals surface area contributed by atoms with Gasteiger partial charge in [-0.25, -0.2) is 0 Å². The van der Waals surface area contributed by atoms with Gasteiger partial charge in [-0.2, -0.15) is 0 Å². The van der Waals surface area contributed by atoms with E-state index in [-0.39, 0.29) is 0 Å². The van der Waals surface area contributed by atoms with Crippen molar-refractivity contribution in [1.29, 1.82) is 0 Å². The number of unbranched alkanes of at least 4 members (excludes halogenated alkanes) is 7. The largest absolute Gasteiger partial charge is 0.316 e. The Labute approximate surface area is 135 Å². The second kappa shape index (κ2) is 10.3. The van der Waals surface area contributed by atoms with Gasteiger partial charge in [0.15, 0.2) is 0 Å². The maximum Gasteiger partial charge on any atom is 0.0260 e. The number of benzene rings is 1. The highest BCUT2D eigenvalue weighted by molar-refractivity contribution is 8.00. The van der Waals surface area contributed by atoms with Gasteiger partial charge >= 0.3 is 0 Å². The summed E-state index contributed by atoms with van der Waals surface area (Å²) in [7, 11) is 0. The molecule has 21 heavy (non-hydrogen) atoms. The summed E-state index contributed by atoms with van der Waals surface area (Å²) >= 11 is 2.05. The Morgan fingerprint density at radius 3 is 2.48 bits per heavy atom. The normalized spacial score (nSPS) is 17.1. The molecule has 2 rings (SSSR count). The number of hydrogen-bond acceptors (Lipinski definition) is 2. The van der Waals surface area contributed by atoms with Crippen molar-refractivity contribution < 1.29 is 0 Å². The van der Waals surface area contributed by atoms with Gasteiger partial charge in [-0.3, -0.25) is 0 Å². The summed E-state index contributed by atoms with van der Waals surface area (Å²) in [5.74, 6) is 0. The summed E-state index contributed by atoms with van der Waals surface area (Å²) in [6, 6.07) is 8.86. The van der Waals surface area contributed by atoms with E-state index in [0.29, 0.717) is 0 Å². The van der Waals surface area contributed by atoms with Gasteiger partial charge in [-0.15, -0.1) is 11.8 Å². The van der Waals surface area contributed by atoms with Crippen LogP contribution in [0.2, 0.25) is 0 Å². The van der Waals surface area contributed by atoms with Gasteiger partial charge in [-0.1, -0.05) is 70.1 Å². The van der Waals surface area contributed by atoms with Crippen LogP contribution in [0.3, 0.4) is 0 Å². The average Bonchev–Trinajstić information content (AvgIpc) is 2.92. The highest BCUT2D eigenvalue weighted by atomic mass is 32.2. The Morgan fingerprint density at radius 2 is 1.71 bits per heavy atom. The molecule has 0 fully saturated rings. The van der Waals surface area contributed by atoms with Crippen molar-refractivity contribution in [2.24, 2.45) is 0 Å². The molecule has 1 nitrogen and oxygen atoms in total. The topological polar surface area (TPSA) is 12.0 Å². The third-order valence-corrected chi connectivity index (χ3v) is 5.61. The maximum atomic E-state index is 3.65. The van der Waals surface area contributed by atoms with E-state index >= 15 is 0 Å². The lowest BCUT2D eigenvalue weighted by molar-refractivity contribution is 0.553. The van der Waals surface area contributed by atoms with Crippen LogP contribution in [-0.2, 0) is 6.42 Å². The van der Waals surface area contributed by atoms with E-state index < -0.39 is 0 Å². The van der Waals surface area contributed by atoms with Gasteiger partial charge in [-0.05, 0) is 31.0 Å². The molecule has 1 heterocycles. The third-order valence-electron chi connectivity index (χ3n) is 4.29. The molecule has 0 saturated carbocycles. The van der Waals surface area contributed by atoms with E-state index in [1.54, 1.807) is 5.56 Å². The van der Waals surface area contributed by atoms with Crippen LogP contribution in [0.25, 0.3) is 0 Å². The molecule has 1 aliphatic heterocycles. The Morgan fingerprint density at radius 1 is 1.00 bits per heavy atom. The van der Waals surface area contributed by atoms with Crippen LogP contribution in [0.4, 0.5) is 0 Å². The lowest BCUT2D eigenvalue weighted by atomic mass is 10.1. The molecule has 2 heteroatoms. The SMILES string of the molecule is CCCCCCCCCCNCC1Cc2ccccc2S1. The molecule has 0 amide bonds. The minimum Gasteiger partial charge on any atom is -0.316 e. The van der Waals surface area contributed by atoms with E-state index in [9.17, 15) is 0 Å². The van der Waals surface area contributed by atoms with Crippen molar-refractivity contribution in [3.63, 3.8) is 0 Å². The number of thioether (sulfide) groups is 1. The second-order valence-corrected chi connectivity index (χ2v) is 7.57.